The first-order valence-electron chi connectivity index (χ1n) is 5.33. The number of nitrogens with zero attached hydrogens (tertiary/aromatic N) is 2. The Hall–Kier alpha value is -1.09. The van der Waals surface area contributed by atoms with Crippen LogP contribution >= 0.6 is 0 Å². The quantitative estimate of drug-likeness (QED) is 0.821. The SMILES string of the molecule is CN(CCN)c1ccnc(C(C)(C)C)c1. The molecule has 2 N–H and O–H groups in total. The molecule has 0 saturated heterocycles. The number of hydrogen-bond acceptors (Lipinski definition) is 3. The van der Waals surface area contributed by atoms with Crippen molar-refractivity contribution < 1.29 is 0 Å². The first-order valence-corrected chi connectivity index (χ1v) is 5.33. The second kappa shape index (κ2) is 4.62. The Bertz CT molecular complexity index is 315. The molecule has 1 aromatic rings. The number of pyridine rings is 1. The van der Waals surface area contributed by atoms with Crippen molar-refractivity contribution in [3.05, 3.63) is 24.0 Å². The summed E-state index contributed by atoms with van der Waals surface area (Å²) in [4.78, 5) is 6.54. The maximum Gasteiger partial charge on any atom is 0.0477 e. The van der Waals surface area contributed by atoms with E-state index in [2.05, 4.69) is 43.8 Å². The van der Waals surface area contributed by atoms with Crippen LogP contribution in [0.25, 0.3) is 0 Å². The van der Waals surface area contributed by atoms with E-state index in [1.165, 1.54) is 5.69 Å². The Morgan fingerprint density at radius 3 is 2.60 bits per heavy atom. The second-order valence-corrected chi connectivity index (χ2v) is 4.86. The van der Waals surface area contributed by atoms with Crippen LogP contribution in [0.15, 0.2) is 18.3 Å². The van der Waals surface area contributed by atoms with Crippen LogP contribution in [0.3, 0.4) is 0 Å². The van der Waals surface area contributed by atoms with Gasteiger partial charge in [-0.2, -0.15) is 0 Å². The van der Waals surface area contributed by atoms with Crippen LogP contribution in [0, 0.1) is 0 Å². The highest BCUT2D eigenvalue weighted by Crippen LogP contribution is 2.23. The van der Waals surface area contributed by atoms with Crippen molar-refractivity contribution in [2.24, 2.45) is 5.73 Å². The molecule has 0 aromatic carbocycles. The lowest BCUT2D eigenvalue weighted by Gasteiger charge is -2.22. The molecule has 3 heteroatoms. The first-order chi connectivity index (χ1) is 6.95. The standard InChI is InChI=1S/C12H21N3/c1-12(2,3)11-9-10(5-7-14-11)15(4)8-6-13/h5,7,9H,6,8,13H2,1-4H3. The van der Waals surface area contributed by atoms with Gasteiger partial charge in [0.2, 0.25) is 0 Å². The number of anilines is 1. The second-order valence-electron chi connectivity index (χ2n) is 4.86. The van der Waals surface area contributed by atoms with E-state index in [1.54, 1.807) is 0 Å². The minimum Gasteiger partial charge on any atom is -0.373 e. The molecule has 0 atom stereocenters. The maximum absolute atomic E-state index is 5.53. The third-order valence-electron chi connectivity index (χ3n) is 2.42. The van der Waals surface area contributed by atoms with Crippen LogP contribution in [0.2, 0.25) is 0 Å². The van der Waals surface area contributed by atoms with Gasteiger partial charge in [-0.25, -0.2) is 0 Å². The number of hydrogen-bond donors (Lipinski definition) is 1. The fraction of sp³-hybridized carbons (Fsp3) is 0.583. The molecule has 0 unspecified atom stereocenters. The van der Waals surface area contributed by atoms with Crippen molar-refractivity contribution in [2.75, 3.05) is 25.0 Å². The van der Waals surface area contributed by atoms with Crippen LogP contribution in [0.5, 0.6) is 0 Å². The zero-order valence-electron chi connectivity index (χ0n) is 10.1. The molecule has 84 valence electrons. The average molecular weight is 207 g/mol. The Morgan fingerprint density at radius 1 is 1.40 bits per heavy atom. The van der Waals surface area contributed by atoms with Gasteiger partial charge in [0.1, 0.15) is 0 Å². The molecule has 15 heavy (non-hydrogen) atoms. The predicted molar refractivity (Wildman–Crippen MR) is 65.3 cm³/mol. The van der Waals surface area contributed by atoms with E-state index in [0.29, 0.717) is 6.54 Å². The van der Waals surface area contributed by atoms with Crippen LogP contribution < -0.4 is 10.6 Å². The van der Waals surface area contributed by atoms with E-state index in [1.807, 2.05) is 12.3 Å². The smallest absolute Gasteiger partial charge is 0.0477 e. The lowest BCUT2D eigenvalue weighted by molar-refractivity contribution is 0.569. The summed E-state index contributed by atoms with van der Waals surface area (Å²) in [7, 11) is 2.05. The summed E-state index contributed by atoms with van der Waals surface area (Å²) >= 11 is 0. The molecule has 1 aromatic heterocycles. The van der Waals surface area contributed by atoms with Gasteiger partial charge >= 0.3 is 0 Å². The van der Waals surface area contributed by atoms with E-state index in [0.717, 1.165) is 12.2 Å². The van der Waals surface area contributed by atoms with Gasteiger partial charge in [-0.15, -0.1) is 0 Å². The summed E-state index contributed by atoms with van der Waals surface area (Å²) in [6, 6.07) is 4.15. The van der Waals surface area contributed by atoms with Crippen LogP contribution in [-0.4, -0.2) is 25.1 Å². The molecule has 0 fully saturated rings. The Labute approximate surface area is 92.3 Å². The van der Waals surface area contributed by atoms with Gasteiger partial charge in [-0.3, -0.25) is 4.98 Å². The normalized spacial score (nSPS) is 11.5. The van der Waals surface area contributed by atoms with Crippen LogP contribution in [0.1, 0.15) is 26.5 Å². The molecule has 0 aliphatic rings. The van der Waals surface area contributed by atoms with Gasteiger partial charge in [0.05, 0.1) is 0 Å². The summed E-state index contributed by atoms with van der Waals surface area (Å²) < 4.78 is 0. The van der Waals surface area contributed by atoms with Gasteiger partial charge in [0, 0.05) is 43.1 Å². The van der Waals surface area contributed by atoms with E-state index in [-0.39, 0.29) is 5.41 Å². The molecule has 0 spiro atoms. The molecule has 0 radical (unpaired) electrons. The maximum atomic E-state index is 5.53. The summed E-state index contributed by atoms with van der Waals surface area (Å²) in [5.41, 5.74) is 7.93. The topological polar surface area (TPSA) is 42.1 Å². The van der Waals surface area contributed by atoms with Crippen molar-refractivity contribution >= 4 is 5.69 Å². The van der Waals surface area contributed by atoms with Gasteiger partial charge in [-0.1, -0.05) is 20.8 Å². The van der Waals surface area contributed by atoms with E-state index in [9.17, 15) is 0 Å². The zero-order chi connectivity index (χ0) is 11.5. The Balaban J connectivity index is 2.92. The van der Waals surface area contributed by atoms with Crippen molar-refractivity contribution in [3.8, 4) is 0 Å². The molecular weight excluding hydrogens is 186 g/mol. The summed E-state index contributed by atoms with van der Waals surface area (Å²) in [5, 5.41) is 0. The van der Waals surface area contributed by atoms with Gasteiger partial charge in [0.15, 0.2) is 0 Å². The largest absolute Gasteiger partial charge is 0.373 e. The Kier molecular flexibility index (Phi) is 3.69. The minimum atomic E-state index is 0.0968. The number of rotatable bonds is 3. The average Bonchev–Trinajstić information content (AvgIpc) is 2.17. The van der Waals surface area contributed by atoms with Crippen molar-refractivity contribution in [1.29, 1.82) is 0 Å². The van der Waals surface area contributed by atoms with E-state index in [4.69, 9.17) is 5.73 Å². The van der Waals surface area contributed by atoms with Crippen LogP contribution in [0.4, 0.5) is 5.69 Å². The van der Waals surface area contributed by atoms with Crippen molar-refractivity contribution in [2.45, 2.75) is 26.2 Å². The van der Waals surface area contributed by atoms with Gasteiger partial charge in [0.25, 0.3) is 0 Å². The Morgan fingerprint density at radius 2 is 2.07 bits per heavy atom. The first kappa shape index (κ1) is 12.0. The molecule has 0 aliphatic heterocycles. The van der Waals surface area contributed by atoms with E-state index < -0.39 is 0 Å². The fourth-order valence-electron chi connectivity index (χ4n) is 1.39. The lowest BCUT2D eigenvalue weighted by atomic mass is 9.91. The summed E-state index contributed by atoms with van der Waals surface area (Å²) in [5.74, 6) is 0. The van der Waals surface area contributed by atoms with Gasteiger partial charge < -0.3 is 10.6 Å². The van der Waals surface area contributed by atoms with Crippen molar-refractivity contribution in [3.63, 3.8) is 0 Å². The summed E-state index contributed by atoms with van der Waals surface area (Å²) in [6.45, 7) is 8.05. The molecule has 0 saturated carbocycles. The molecule has 3 nitrogen and oxygen atoms in total. The fourth-order valence-corrected chi connectivity index (χ4v) is 1.39. The minimum absolute atomic E-state index is 0.0968. The third-order valence-corrected chi connectivity index (χ3v) is 2.42. The zero-order valence-corrected chi connectivity index (χ0v) is 10.1. The highest BCUT2D eigenvalue weighted by Gasteiger charge is 2.15. The predicted octanol–water partition coefficient (Wildman–Crippen LogP) is 1.77. The van der Waals surface area contributed by atoms with Crippen LogP contribution in [-0.2, 0) is 5.41 Å². The number of likely N-dealkylation sites (N-methyl/N-ethyl adjacent to an activating group) is 1. The lowest BCUT2D eigenvalue weighted by Crippen LogP contribution is -2.25. The van der Waals surface area contributed by atoms with Crippen molar-refractivity contribution in [1.82, 2.24) is 4.98 Å². The monoisotopic (exact) mass is 207 g/mol. The molecular formula is C12H21N3. The molecule has 0 aliphatic carbocycles. The van der Waals surface area contributed by atoms with E-state index >= 15 is 0 Å². The molecule has 1 heterocycles. The van der Waals surface area contributed by atoms with Gasteiger partial charge in [-0.05, 0) is 12.1 Å². The third kappa shape index (κ3) is 3.20. The molecule has 1 rings (SSSR count). The number of aromatic nitrogens is 1. The highest BCUT2D eigenvalue weighted by atomic mass is 15.1. The molecule has 0 bridgehead atoms. The number of nitrogens with two attached hydrogens (primary N) is 1. The molecule has 0 amide bonds. The summed E-state index contributed by atoms with van der Waals surface area (Å²) in [6.07, 6.45) is 1.86. The highest BCUT2D eigenvalue weighted by molar-refractivity contribution is 5.46.